The second kappa shape index (κ2) is 4.82. The SMILES string of the molecule is COc1cccc([C@]23CCC[C@@H]([C@H]2C)N(C)CC3)c1. The van der Waals surface area contributed by atoms with E-state index in [0.717, 1.165) is 17.7 Å². The number of ether oxygens (including phenoxy) is 1. The quantitative estimate of drug-likeness (QED) is 0.806. The summed E-state index contributed by atoms with van der Waals surface area (Å²) in [5, 5.41) is 0. The maximum atomic E-state index is 5.43. The van der Waals surface area contributed by atoms with Gasteiger partial charge in [-0.1, -0.05) is 25.5 Å². The van der Waals surface area contributed by atoms with E-state index in [4.69, 9.17) is 4.74 Å². The molecular weight excluding hydrogens is 234 g/mol. The van der Waals surface area contributed by atoms with Crippen molar-refractivity contribution in [3.8, 4) is 5.75 Å². The molecule has 1 saturated carbocycles. The van der Waals surface area contributed by atoms with Crippen molar-refractivity contribution in [2.75, 3.05) is 20.7 Å². The summed E-state index contributed by atoms with van der Waals surface area (Å²) in [7, 11) is 4.06. The summed E-state index contributed by atoms with van der Waals surface area (Å²) < 4.78 is 5.43. The molecule has 0 spiro atoms. The Labute approximate surface area is 116 Å². The minimum atomic E-state index is 0.379. The topological polar surface area (TPSA) is 12.5 Å². The number of hydrogen-bond acceptors (Lipinski definition) is 2. The van der Waals surface area contributed by atoms with Gasteiger partial charge < -0.3 is 9.64 Å². The maximum absolute atomic E-state index is 5.43. The lowest BCUT2D eigenvalue weighted by atomic mass is 9.57. The van der Waals surface area contributed by atoms with E-state index in [9.17, 15) is 0 Å². The first-order valence-corrected chi connectivity index (χ1v) is 7.52. The van der Waals surface area contributed by atoms with Crippen LogP contribution < -0.4 is 4.74 Å². The first-order valence-electron chi connectivity index (χ1n) is 7.52. The highest BCUT2D eigenvalue weighted by Gasteiger charge is 2.48. The summed E-state index contributed by atoms with van der Waals surface area (Å²) in [6.45, 7) is 3.69. The molecule has 0 radical (unpaired) electrons. The third-order valence-corrected chi connectivity index (χ3v) is 5.69. The van der Waals surface area contributed by atoms with Gasteiger partial charge in [0.05, 0.1) is 7.11 Å². The highest BCUT2D eigenvalue weighted by Crippen LogP contribution is 2.50. The van der Waals surface area contributed by atoms with Crippen LogP contribution in [0.5, 0.6) is 5.75 Å². The van der Waals surface area contributed by atoms with Crippen molar-refractivity contribution in [1.29, 1.82) is 0 Å². The zero-order valence-corrected chi connectivity index (χ0v) is 12.4. The number of likely N-dealkylation sites (tertiary alicyclic amines) is 1. The summed E-state index contributed by atoms with van der Waals surface area (Å²) in [5.41, 5.74) is 1.88. The van der Waals surface area contributed by atoms with E-state index in [1.54, 1.807) is 7.11 Å². The Morgan fingerprint density at radius 2 is 2.16 bits per heavy atom. The molecule has 1 aromatic rings. The monoisotopic (exact) mass is 259 g/mol. The van der Waals surface area contributed by atoms with E-state index in [-0.39, 0.29) is 0 Å². The van der Waals surface area contributed by atoms with Crippen molar-refractivity contribution in [1.82, 2.24) is 4.90 Å². The molecule has 1 aliphatic carbocycles. The highest BCUT2D eigenvalue weighted by atomic mass is 16.5. The average molecular weight is 259 g/mol. The molecule has 3 rings (SSSR count). The summed E-state index contributed by atoms with van der Waals surface area (Å²) in [6, 6.07) is 9.54. The van der Waals surface area contributed by atoms with Gasteiger partial charge in [0.1, 0.15) is 5.75 Å². The van der Waals surface area contributed by atoms with Gasteiger partial charge in [-0.15, -0.1) is 0 Å². The Morgan fingerprint density at radius 1 is 1.32 bits per heavy atom. The number of methoxy groups -OCH3 is 1. The number of fused-ring (bicyclic) bond motifs is 2. The van der Waals surface area contributed by atoms with Crippen molar-refractivity contribution in [3.05, 3.63) is 29.8 Å². The van der Waals surface area contributed by atoms with Crippen LogP contribution in [0.3, 0.4) is 0 Å². The van der Waals surface area contributed by atoms with E-state index in [1.807, 2.05) is 0 Å². The third kappa shape index (κ3) is 1.97. The molecule has 0 unspecified atom stereocenters. The van der Waals surface area contributed by atoms with E-state index < -0.39 is 0 Å². The number of hydrogen-bond donors (Lipinski definition) is 0. The second-order valence-corrected chi connectivity index (χ2v) is 6.37. The van der Waals surface area contributed by atoms with Gasteiger partial charge >= 0.3 is 0 Å². The molecule has 3 atom stereocenters. The fourth-order valence-corrected chi connectivity index (χ4v) is 4.45. The second-order valence-electron chi connectivity index (χ2n) is 6.37. The van der Waals surface area contributed by atoms with E-state index in [0.29, 0.717) is 5.41 Å². The summed E-state index contributed by atoms with van der Waals surface area (Å²) in [4.78, 5) is 2.57. The lowest BCUT2D eigenvalue weighted by molar-refractivity contribution is 0.0126. The fraction of sp³-hybridized carbons (Fsp3) is 0.647. The van der Waals surface area contributed by atoms with Crippen molar-refractivity contribution in [2.24, 2.45) is 5.92 Å². The Hall–Kier alpha value is -1.02. The third-order valence-electron chi connectivity index (χ3n) is 5.69. The number of rotatable bonds is 2. The summed E-state index contributed by atoms with van der Waals surface area (Å²) >= 11 is 0. The maximum Gasteiger partial charge on any atom is 0.119 e. The summed E-state index contributed by atoms with van der Waals surface area (Å²) in [6.07, 6.45) is 5.35. The molecule has 0 N–H and O–H groups in total. The van der Waals surface area contributed by atoms with Crippen LogP contribution in [0.4, 0.5) is 0 Å². The molecule has 2 fully saturated rings. The van der Waals surface area contributed by atoms with Gasteiger partial charge in [-0.25, -0.2) is 0 Å². The molecule has 0 amide bonds. The van der Waals surface area contributed by atoms with E-state index in [2.05, 4.69) is 43.1 Å². The molecule has 104 valence electrons. The molecule has 2 heteroatoms. The molecular formula is C17H25NO. The van der Waals surface area contributed by atoms with E-state index >= 15 is 0 Å². The largest absolute Gasteiger partial charge is 0.497 e. The molecule has 2 bridgehead atoms. The smallest absolute Gasteiger partial charge is 0.119 e. The average Bonchev–Trinajstić information content (AvgIpc) is 2.44. The number of benzene rings is 1. The van der Waals surface area contributed by atoms with Crippen LogP contribution >= 0.6 is 0 Å². The lowest BCUT2D eigenvalue weighted by Crippen LogP contribution is -2.56. The van der Waals surface area contributed by atoms with Crippen LogP contribution in [-0.4, -0.2) is 31.6 Å². The minimum Gasteiger partial charge on any atom is -0.497 e. The van der Waals surface area contributed by atoms with Crippen molar-refractivity contribution in [3.63, 3.8) is 0 Å². The van der Waals surface area contributed by atoms with Crippen LogP contribution in [0.15, 0.2) is 24.3 Å². The van der Waals surface area contributed by atoms with Crippen LogP contribution in [-0.2, 0) is 5.41 Å². The molecule has 2 nitrogen and oxygen atoms in total. The van der Waals surface area contributed by atoms with Crippen LogP contribution in [0.1, 0.15) is 38.2 Å². The highest BCUT2D eigenvalue weighted by molar-refractivity contribution is 5.36. The molecule has 1 aromatic carbocycles. The van der Waals surface area contributed by atoms with Crippen molar-refractivity contribution in [2.45, 2.75) is 44.1 Å². The van der Waals surface area contributed by atoms with Crippen LogP contribution in [0.2, 0.25) is 0 Å². The van der Waals surface area contributed by atoms with Crippen LogP contribution in [0, 0.1) is 5.92 Å². The molecule has 2 aliphatic rings. The Morgan fingerprint density at radius 3 is 2.95 bits per heavy atom. The predicted octanol–water partition coefficient (Wildman–Crippen LogP) is 3.46. The molecule has 1 saturated heterocycles. The first kappa shape index (κ1) is 13.0. The molecule has 1 aliphatic heterocycles. The van der Waals surface area contributed by atoms with Gasteiger partial charge in [0, 0.05) is 11.5 Å². The standard InChI is InChI=1S/C17H25NO/c1-13-16-8-5-9-17(13,10-11-18(16)2)14-6-4-7-15(12-14)19-3/h4,6-7,12-13,16H,5,8-11H2,1-3H3/t13-,16+,17+/m1/s1. The Bertz CT molecular complexity index is 458. The Balaban J connectivity index is 2.00. The van der Waals surface area contributed by atoms with Gasteiger partial charge in [-0.2, -0.15) is 0 Å². The number of piperidine rings is 1. The normalized spacial score (nSPS) is 35.1. The van der Waals surface area contributed by atoms with Gasteiger partial charge in [0.2, 0.25) is 0 Å². The van der Waals surface area contributed by atoms with E-state index in [1.165, 1.54) is 37.8 Å². The van der Waals surface area contributed by atoms with Gasteiger partial charge in [0.25, 0.3) is 0 Å². The zero-order valence-electron chi connectivity index (χ0n) is 12.4. The fourth-order valence-electron chi connectivity index (χ4n) is 4.45. The lowest BCUT2D eigenvalue weighted by Gasteiger charge is -2.55. The molecule has 0 aromatic heterocycles. The molecule has 1 heterocycles. The van der Waals surface area contributed by atoms with Gasteiger partial charge in [-0.3, -0.25) is 0 Å². The van der Waals surface area contributed by atoms with Gasteiger partial charge in [0.15, 0.2) is 0 Å². The van der Waals surface area contributed by atoms with Crippen molar-refractivity contribution < 1.29 is 4.74 Å². The van der Waals surface area contributed by atoms with Gasteiger partial charge in [-0.05, 0) is 56.5 Å². The van der Waals surface area contributed by atoms with Crippen LogP contribution in [0.25, 0.3) is 0 Å². The first-order chi connectivity index (χ1) is 9.17. The predicted molar refractivity (Wildman–Crippen MR) is 78.7 cm³/mol. The van der Waals surface area contributed by atoms with Crippen molar-refractivity contribution >= 4 is 0 Å². The number of nitrogens with zero attached hydrogens (tertiary/aromatic N) is 1. The Kier molecular flexibility index (Phi) is 3.30. The molecule has 19 heavy (non-hydrogen) atoms. The minimum absolute atomic E-state index is 0.379. The zero-order chi connectivity index (χ0) is 13.5. The summed E-state index contributed by atoms with van der Waals surface area (Å²) in [5.74, 6) is 1.74.